The van der Waals surface area contributed by atoms with Gasteiger partial charge in [-0.25, -0.2) is 16.8 Å². The average molecular weight is 388 g/mol. The van der Waals surface area contributed by atoms with Gasteiger partial charge in [0, 0.05) is 19.6 Å². The van der Waals surface area contributed by atoms with Crippen LogP contribution in [0.5, 0.6) is 0 Å². The van der Waals surface area contributed by atoms with Crippen LogP contribution in [-0.4, -0.2) is 57.6 Å². The quantitative estimate of drug-likeness (QED) is 0.807. The maximum Gasteiger partial charge on any atom is 0.308 e. The van der Waals surface area contributed by atoms with Gasteiger partial charge in [0.1, 0.15) is 0 Å². The van der Waals surface area contributed by atoms with Crippen molar-refractivity contribution < 1.29 is 26.7 Å². The lowest BCUT2D eigenvalue weighted by atomic mass is 9.99. The molecule has 0 saturated carbocycles. The molecule has 0 amide bonds. The van der Waals surface area contributed by atoms with Gasteiger partial charge in [-0.05, 0) is 36.6 Å². The first kappa shape index (κ1) is 18.2. The van der Waals surface area contributed by atoms with E-state index >= 15 is 0 Å². The molecule has 1 aromatic carbocycles. The van der Waals surface area contributed by atoms with Gasteiger partial charge >= 0.3 is 5.97 Å². The first-order chi connectivity index (χ1) is 11.6. The van der Waals surface area contributed by atoms with Crippen LogP contribution in [0.25, 0.3) is 0 Å². The lowest BCUT2D eigenvalue weighted by molar-refractivity contribution is -0.142. The molecule has 2 saturated heterocycles. The monoisotopic (exact) mass is 388 g/mol. The van der Waals surface area contributed by atoms with E-state index in [0.29, 0.717) is 18.7 Å². The van der Waals surface area contributed by atoms with Crippen LogP contribution in [-0.2, 0) is 24.8 Å². The Labute approximate surface area is 147 Å². The van der Waals surface area contributed by atoms with Gasteiger partial charge in [-0.1, -0.05) is 6.92 Å². The second-order valence-electron chi connectivity index (χ2n) is 6.48. The van der Waals surface area contributed by atoms with E-state index in [1.165, 1.54) is 32.9 Å². The maximum atomic E-state index is 12.7. The molecule has 2 fully saturated rings. The Balaban J connectivity index is 1.83. The molecular weight excluding hydrogens is 368 g/mol. The van der Waals surface area contributed by atoms with E-state index in [1.807, 2.05) is 0 Å². The fraction of sp³-hybridized carbons (Fsp3) is 0.533. The second kappa shape index (κ2) is 6.26. The molecule has 25 heavy (non-hydrogen) atoms. The van der Waals surface area contributed by atoms with Crippen molar-refractivity contribution in [3.8, 4) is 0 Å². The van der Waals surface area contributed by atoms with Crippen molar-refractivity contribution >= 4 is 31.7 Å². The minimum Gasteiger partial charge on any atom is -0.481 e. The van der Waals surface area contributed by atoms with Crippen molar-refractivity contribution in [2.45, 2.75) is 18.2 Å². The van der Waals surface area contributed by atoms with Gasteiger partial charge in [0.15, 0.2) is 0 Å². The van der Waals surface area contributed by atoms with E-state index in [-0.39, 0.29) is 29.7 Å². The van der Waals surface area contributed by atoms with Crippen molar-refractivity contribution in [1.29, 1.82) is 0 Å². The number of hydrogen-bond acceptors (Lipinski definition) is 5. The Bertz CT molecular complexity index is 879. The fourth-order valence-electron chi connectivity index (χ4n) is 3.30. The van der Waals surface area contributed by atoms with Crippen molar-refractivity contribution in [1.82, 2.24) is 4.31 Å². The summed E-state index contributed by atoms with van der Waals surface area (Å²) in [6.07, 6.45) is 0.546. The van der Waals surface area contributed by atoms with Crippen LogP contribution in [0.2, 0.25) is 0 Å². The van der Waals surface area contributed by atoms with Crippen molar-refractivity contribution in [3.05, 3.63) is 24.3 Å². The molecule has 3 rings (SSSR count). The zero-order chi connectivity index (χ0) is 18.4. The van der Waals surface area contributed by atoms with Crippen LogP contribution in [0.1, 0.15) is 13.3 Å². The molecule has 0 radical (unpaired) electrons. The molecule has 10 heteroatoms. The molecule has 0 aromatic heterocycles. The summed E-state index contributed by atoms with van der Waals surface area (Å²) >= 11 is 0. The Kier molecular flexibility index (Phi) is 4.54. The number of anilines is 1. The number of carboxylic acids is 1. The lowest BCUT2D eigenvalue weighted by Gasteiger charge is -2.19. The summed E-state index contributed by atoms with van der Waals surface area (Å²) in [7, 11) is -7.13. The van der Waals surface area contributed by atoms with Crippen LogP contribution in [0.3, 0.4) is 0 Å². The molecule has 1 N–H and O–H groups in total. The summed E-state index contributed by atoms with van der Waals surface area (Å²) in [4.78, 5) is 11.2. The normalized spacial score (nSPS) is 26.8. The van der Waals surface area contributed by atoms with E-state index < -0.39 is 31.9 Å². The van der Waals surface area contributed by atoms with Gasteiger partial charge in [-0.3, -0.25) is 9.10 Å². The van der Waals surface area contributed by atoms with Crippen LogP contribution in [0, 0.1) is 11.8 Å². The Hall–Kier alpha value is -1.65. The SMILES string of the molecule is C[C@@H]1CN(S(=O)(=O)c2ccc(N3CCCS3(=O)=O)cc2)C[C@H]1C(=O)O. The Morgan fingerprint density at radius 3 is 2.32 bits per heavy atom. The topological polar surface area (TPSA) is 112 Å². The summed E-state index contributed by atoms with van der Waals surface area (Å²) in [5.41, 5.74) is 0.439. The zero-order valence-electron chi connectivity index (χ0n) is 13.7. The smallest absolute Gasteiger partial charge is 0.308 e. The number of sulfonamides is 2. The minimum absolute atomic E-state index is 0.0334. The van der Waals surface area contributed by atoms with Crippen molar-refractivity contribution in [3.63, 3.8) is 0 Å². The summed E-state index contributed by atoms with van der Waals surface area (Å²) < 4.78 is 51.7. The molecule has 2 aliphatic rings. The molecule has 0 bridgehead atoms. The van der Waals surface area contributed by atoms with Crippen molar-refractivity contribution in [2.75, 3.05) is 29.7 Å². The largest absolute Gasteiger partial charge is 0.481 e. The van der Waals surface area contributed by atoms with E-state index in [0.717, 1.165) is 0 Å². The molecule has 138 valence electrons. The average Bonchev–Trinajstić information content (AvgIpc) is 3.10. The summed E-state index contributed by atoms with van der Waals surface area (Å²) in [6.45, 7) is 2.21. The van der Waals surface area contributed by atoms with Gasteiger partial charge in [0.25, 0.3) is 0 Å². The number of rotatable bonds is 4. The van der Waals surface area contributed by atoms with Crippen LogP contribution in [0.4, 0.5) is 5.69 Å². The second-order valence-corrected chi connectivity index (χ2v) is 10.4. The minimum atomic E-state index is -3.81. The van der Waals surface area contributed by atoms with Crippen LogP contribution in [0.15, 0.2) is 29.2 Å². The Morgan fingerprint density at radius 1 is 1.20 bits per heavy atom. The van der Waals surface area contributed by atoms with Gasteiger partial charge in [0.05, 0.1) is 22.3 Å². The van der Waals surface area contributed by atoms with Gasteiger partial charge < -0.3 is 5.11 Å². The van der Waals surface area contributed by atoms with E-state index in [2.05, 4.69) is 0 Å². The predicted molar refractivity (Wildman–Crippen MR) is 91.2 cm³/mol. The number of carbonyl (C=O) groups is 1. The van der Waals surface area contributed by atoms with E-state index in [4.69, 9.17) is 5.11 Å². The standard InChI is InChI=1S/C15H20N2O6S2/c1-11-9-16(10-14(11)15(18)19)25(22,23)13-5-3-12(4-6-13)17-7-2-8-24(17,20)21/h3-6,11,14H,2,7-10H2,1H3,(H,18,19)/t11-,14-/m1/s1. The third-order valence-corrected chi connectivity index (χ3v) is 8.47. The molecule has 8 nitrogen and oxygen atoms in total. The van der Waals surface area contributed by atoms with E-state index in [9.17, 15) is 21.6 Å². The van der Waals surface area contributed by atoms with Crippen molar-refractivity contribution in [2.24, 2.45) is 11.8 Å². The third-order valence-electron chi connectivity index (χ3n) is 4.76. The van der Waals surface area contributed by atoms with E-state index in [1.54, 1.807) is 6.92 Å². The highest BCUT2D eigenvalue weighted by Gasteiger charge is 2.40. The number of nitrogens with zero attached hydrogens (tertiary/aromatic N) is 2. The molecular formula is C15H20N2O6S2. The molecule has 0 spiro atoms. The summed E-state index contributed by atoms with van der Waals surface area (Å²) in [5.74, 6) is -1.89. The predicted octanol–water partition coefficient (Wildman–Crippen LogP) is 0.568. The van der Waals surface area contributed by atoms with Gasteiger partial charge in [0.2, 0.25) is 20.0 Å². The number of hydrogen-bond donors (Lipinski definition) is 1. The van der Waals surface area contributed by atoms with Crippen LogP contribution < -0.4 is 4.31 Å². The van der Waals surface area contributed by atoms with Crippen LogP contribution >= 0.6 is 0 Å². The fourth-order valence-corrected chi connectivity index (χ4v) is 6.43. The molecule has 2 aliphatic heterocycles. The molecule has 1 aromatic rings. The Morgan fingerprint density at radius 2 is 1.84 bits per heavy atom. The lowest BCUT2D eigenvalue weighted by Crippen LogP contribution is -2.30. The molecule has 0 aliphatic carbocycles. The highest BCUT2D eigenvalue weighted by Crippen LogP contribution is 2.30. The number of benzene rings is 1. The first-order valence-electron chi connectivity index (χ1n) is 7.96. The first-order valence-corrected chi connectivity index (χ1v) is 11.0. The summed E-state index contributed by atoms with van der Waals surface area (Å²) in [5, 5.41) is 9.16. The molecule has 2 atom stereocenters. The molecule has 2 heterocycles. The maximum absolute atomic E-state index is 12.7. The summed E-state index contributed by atoms with van der Waals surface area (Å²) in [6, 6.07) is 5.70. The highest BCUT2D eigenvalue weighted by atomic mass is 32.2. The highest BCUT2D eigenvalue weighted by molar-refractivity contribution is 7.93. The zero-order valence-corrected chi connectivity index (χ0v) is 15.3. The molecule has 0 unspecified atom stereocenters. The van der Waals surface area contributed by atoms with Gasteiger partial charge in [-0.2, -0.15) is 4.31 Å². The third kappa shape index (κ3) is 3.25. The number of carboxylic acid groups (broad SMARTS) is 1. The van der Waals surface area contributed by atoms with Gasteiger partial charge in [-0.15, -0.1) is 0 Å². The number of aliphatic carboxylic acids is 1.